The van der Waals surface area contributed by atoms with Gasteiger partial charge in [0.25, 0.3) is 0 Å². The van der Waals surface area contributed by atoms with Crippen LogP contribution in [-0.4, -0.2) is 73.7 Å². The Bertz CT molecular complexity index is 456. The van der Waals surface area contributed by atoms with Crippen molar-refractivity contribution in [3.05, 3.63) is 35.9 Å². The number of hydrogen-bond donors (Lipinski definition) is 7. The minimum Gasteiger partial charge on any atom is -0.480 e. The van der Waals surface area contributed by atoms with E-state index in [4.69, 9.17) is 10.2 Å². The van der Waals surface area contributed by atoms with E-state index in [2.05, 4.69) is 5.32 Å². The van der Waals surface area contributed by atoms with Crippen molar-refractivity contribution < 1.29 is 35.4 Å². The van der Waals surface area contributed by atoms with Crippen LogP contribution in [0.3, 0.4) is 0 Å². The van der Waals surface area contributed by atoms with Crippen molar-refractivity contribution in [2.24, 2.45) is 0 Å². The molecule has 0 saturated heterocycles. The molecule has 0 bridgehead atoms. The topological polar surface area (TPSA) is 150 Å². The zero-order chi connectivity index (χ0) is 16.7. The molecule has 0 aliphatic rings. The highest BCUT2D eigenvalue weighted by Crippen LogP contribution is 2.10. The van der Waals surface area contributed by atoms with E-state index < -0.39 is 43.0 Å². The summed E-state index contributed by atoms with van der Waals surface area (Å²) < 4.78 is 0. The molecule has 1 aromatic carbocycles. The molecular formula is C14H21NO7. The molecule has 0 aromatic heterocycles. The van der Waals surface area contributed by atoms with E-state index in [1.807, 2.05) is 0 Å². The number of carbonyl (C=O) groups is 1. The smallest absolute Gasteiger partial charge is 0.323 e. The number of aliphatic hydroxyl groups is 5. The summed E-state index contributed by atoms with van der Waals surface area (Å²) in [7, 11) is 0. The fourth-order valence-corrected chi connectivity index (χ4v) is 1.91. The molecule has 0 fully saturated rings. The van der Waals surface area contributed by atoms with Crippen LogP contribution in [0.1, 0.15) is 5.56 Å². The molecule has 1 aromatic rings. The van der Waals surface area contributed by atoms with Gasteiger partial charge in [-0.15, -0.1) is 0 Å². The number of nitrogens with one attached hydrogen (secondary N) is 1. The highest BCUT2D eigenvalue weighted by Gasteiger charge is 2.37. The molecule has 0 spiro atoms. The number of benzene rings is 1. The number of aliphatic carboxylic acids is 1. The molecule has 7 N–H and O–H groups in total. The number of carboxylic acids is 1. The van der Waals surface area contributed by atoms with E-state index in [0.717, 1.165) is 5.56 Å². The molecule has 0 heterocycles. The SMILES string of the molecule is O=C(O)[C@H](NCc1ccccc1)[C@H](O)[C@@H](O)[C@H](O)[C@H](O)CO. The Morgan fingerprint density at radius 1 is 1.00 bits per heavy atom. The number of hydrogen-bond acceptors (Lipinski definition) is 7. The average Bonchev–Trinajstić information content (AvgIpc) is 2.53. The first kappa shape index (κ1) is 18.5. The van der Waals surface area contributed by atoms with Gasteiger partial charge in [-0.05, 0) is 5.56 Å². The van der Waals surface area contributed by atoms with Crippen LogP contribution in [0.4, 0.5) is 0 Å². The Morgan fingerprint density at radius 3 is 2.09 bits per heavy atom. The molecule has 0 aliphatic carbocycles. The quantitative estimate of drug-likeness (QED) is 0.268. The first-order valence-corrected chi connectivity index (χ1v) is 6.71. The molecular weight excluding hydrogens is 294 g/mol. The van der Waals surface area contributed by atoms with E-state index in [9.17, 15) is 25.2 Å². The van der Waals surface area contributed by atoms with Crippen molar-refractivity contribution in [3.63, 3.8) is 0 Å². The van der Waals surface area contributed by atoms with Crippen molar-refractivity contribution in [1.82, 2.24) is 5.32 Å². The Labute approximate surface area is 127 Å². The molecule has 0 amide bonds. The largest absolute Gasteiger partial charge is 0.480 e. The molecule has 1 rings (SSSR count). The summed E-state index contributed by atoms with van der Waals surface area (Å²) in [6.07, 6.45) is -7.38. The van der Waals surface area contributed by atoms with Crippen molar-refractivity contribution in [3.8, 4) is 0 Å². The number of carboxylic acid groups (broad SMARTS) is 1. The summed E-state index contributed by atoms with van der Waals surface area (Å²) >= 11 is 0. The van der Waals surface area contributed by atoms with Crippen molar-refractivity contribution in [2.75, 3.05) is 6.61 Å². The lowest BCUT2D eigenvalue weighted by molar-refractivity contribution is -0.153. The summed E-state index contributed by atoms with van der Waals surface area (Å²) in [6, 6.07) is 7.26. The van der Waals surface area contributed by atoms with E-state index in [-0.39, 0.29) is 6.54 Å². The summed E-state index contributed by atoms with van der Waals surface area (Å²) in [6.45, 7) is -0.708. The van der Waals surface area contributed by atoms with Gasteiger partial charge in [-0.25, -0.2) is 0 Å². The van der Waals surface area contributed by atoms with Gasteiger partial charge >= 0.3 is 5.97 Å². The van der Waals surface area contributed by atoms with Gasteiger partial charge in [0.2, 0.25) is 0 Å². The molecule has 8 heteroatoms. The van der Waals surface area contributed by atoms with Crippen LogP contribution in [0.2, 0.25) is 0 Å². The lowest BCUT2D eigenvalue weighted by Gasteiger charge is -2.29. The van der Waals surface area contributed by atoms with E-state index in [0.29, 0.717) is 0 Å². The summed E-state index contributed by atoms with van der Waals surface area (Å²) in [5, 5.41) is 58.8. The van der Waals surface area contributed by atoms with E-state index in [1.165, 1.54) is 0 Å². The van der Waals surface area contributed by atoms with E-state index >= 15 is 0 Å². The van der Waals surface area contributed by atoms with Gasteiger partial charge in [0.1, 0.15) is 30.5 Å². The first-order chi connectivity index (χ1) is 10.4. The normalized spacial score (nSPS) is 18.2. The average molecular weight is 315 g/mol. The minimum absolute atomic E-state index is 0.125. The van der Waals surface area contributed by atoms with Gasteiger partial charge in [-0.2, -0.15) is 0 Å². The molecule has 124 valence electrons. The van der Waals surface area contributed by atoms with E-state index in [1.54, 1.807) is 30.3 Å². The van der Waals surface area contributed by atoms with Crippen LogP contribution < -0.4 is 5.32 Å². The van der Waals surface area contributed by atoms with Crippen molar-refractivity contribution >= 4 is 5.97 Å². The van der Waals surface area contributed by atoms with Crippen LogP contribution in [0.15, 0.2) is 30.3 Å². The van der Waals surface area contributed by atoms with Gasteiger partial charge in [-0.3, -0.25) is 10.1 Å². The maximum Gasteiger partial charge on any atom is 0.323 e. The fraction of sp³-hybridized carbons (Fsp3) is 0.500. The van der Waals surface area contributed by atoms with Crippen LogP contribution >= 0.6 is 0 Å². The number of rotatable bonds is 9. The van der Waals surface area contributed by atoms with Gasteiger partial charge < -0.3 is 30.6 Å². The Balaban J connectivity index is 2.71. The van der Waals surface area contributed by atoms with Crippen LogP contribution in [0, 0.1) is 0 Å². The lowest BCUT2D eigenvalue weighted by atomic mass is 9.97. The highest BCUT2D eigenvalue weighted by molar-refractivity contribution is 5.74. The molecule has 22 heavy (non-hydrogen) atoms. The Kier molecular flexibility index (Phi) is 7.39. The zero-order valence-corrected chi connectivity index (χ0v) is 11.8. The fourth-order valence-electron chi connectivity index (χ4n) is 1.91. The maximum absolute atomic E-state index is 11.2. The van der Waals surface area contributed by atoms with Crippen molar-refractivity contribution in [2.45, 2.75) is 37.0 Å². The first-order valence-electron chi connectivity index (χ1n) is 6.71. The summed E-state index contributed by atoms with van der Waals surface area (Å²) in [4.78, 5) is 11.2. The molecule has 0 unspecified atom stereocenters. The predicted octanol–water partition coefficient (Wildman–Crippen LogP) is -2.33. The third-order valence-electron chi connectivity index (χ3n) is 3.26. The standard InChI is InChI=1S/C14H21NO7/c16-7-9(17)11(18)13(20)12(19)10(14(21)22)15-6-8-4-2-1-3-5-8/h1-5,9-13,15-20H,6-7H2,(H,21,22)/t9-,10-,11-,12+,13+/m1/s1. The zero-order valence-electron chi connectivity index (χ0n) is 11.8. The number of aliphatic hydroxyl groups excluding tert-OH is 5. The van der Waals surface area contributed by atoms with Gasteiger partial charge in [0, 0.05) is 6.54 Å². The van der Waals surface area contributed by atoms with Crippen LogP contribution in [-0.2, 0) is 11.3 Å². The van der Waals surface area contributed by atoms with Gasteiger partial charge in [0.15, 0.2) is 0 Å². The monoisotopic (exact) mass is 315 g/mol. The van der Waals surface area contributed by atoms with Crippen LogP contribution in [0.25, 0.3) is 0 Å². The second-order valence-corrected chi connectivity index (χ2v) is 4.90. The molecule has 0 aliphatic heterocycles. The third kappa shape index (κ3) is 5.02. The highest BCUT2D eigenvalue weighted by atomic mass is 16.4. The summed E-state index contributed by atoms with van der Waals surface area (Å²) in [5.74, 6) is -1.42. The second kappa shape index (κ2) is 8.79. The summed E-state index contributed by atoms with van der Waals surface area (Å²) in [5.41, 5.74) is 0.770. The minimum atomic E-state index is -1.94. The Morgan fingerprint density at radius 2 is 1.59 bits per heavy atom. The predicted molar refractivity (Wildman–Crippen MR) is 75.8 cm³/mol. The molecule has 5 atom stereocenters. The second-order valence-electron chi connectivity index (χ2n) is 4.90. The van der Waals surface area contributed by atoms with Crippen molar-refractivity contribution in [1.29, 1.82) is 0 Å². The van der Waals surface area contributed by atoms with Crippen LogP contribution in [0.5, 0.6) is 0 Å². The molecule has 0 radical (unpaired) electrons. The molecule has 0 saturated carbocycles. The Hall–Kier alpha value is -1.55. The molecule has 8 nitrogen and oxygen atoms in total. The third-order valence-corrected chi connectivity index (χ3v) is 3.26. The lowest BCUT2D eigenvalue weighted by Crippen LogP contribution is -2.56. The maximum atomic E-state index is 11.2. The van der Waals surface area contributed by atoms with Gasteiger partial charge in [-0.1, -0.05) is 30.3 Å². The van der Waals surface area contributed by atoms with Gasteiger partial charge in [0.05, 0.1) is 6.61 Å².